The summed E-state index contributed by atoms with van der Waals surface area (Å²) in [6, 6.07) is 21.7. The first-order valence-corrected chi connectivity index (χ1v) is 13.4. The predicted octanol–water partition coefficient (Wildman–Crippen LogP) is 6.34. The summed E-state index contributed by atoms with van der Waals surface area (Å²) in [5.74, 6) is 0. The van der Waals surface area contributed by atoms with Crippen molar-refractivity contribution in [2.45, 2.75) is 13.8 Å². The van der Waals surface area contributed by atoms with Crippen LogP contribution in [-0.2, 0) is 7.05 Å². The number of hydrogen-bond donors (Lipinski definition) is 0. The van der Waals surface area contributed by atoms with Crippen molar-refractivity contribution < 1.29 is 0 Å². The van der Waals surface area contributed by atoms with Crippen LogP contribution in [0.1, 0.15) is 17.5 Å². The third-order valence-electron chi connectivity index (χ3n) is 5.66. The molecule has 0 saturated heterocycles. The minimum Gasteiger partial charge on any atom is -0.283 e. The summed E-state index contributed by atoms with van der Waals surface area (Å²) in [5.41, 5.74) is 4.60. The SMILES string of the molecule is CC(=Nn1c(-c2cccc(Br)c2)csc1=Nc1c(C)n(C)n(-c2ccccc2)c1=O)c1cccs1. The minimum atomic E-state index is -0.167. The summed E-state index contributed by atoms with van der Waals surface area (Å²) in [6.07, 6.45) is 0. The van der Waals surface area contributed by atoms with Crippen LogP contribution >= 0.6 is 38.6 Å². The zero-order chi connectivity index (χ0) is 24.5. The van der Waals surface area contributed by atoms with Gasteiger partial charge < -0.3 is 0 Å². The van der Waals surface area contributed by atoms with E-state index in [1.165, 1.54) is 11.3 Å². The van der Waals surface area contributed by atoms with E-state index < -0.39 is 0 Å². The molecule has 0 N–H and O–H groups in total. The Hall–Kier alpha value is -3.27. The second-order valence-electron chi connectivity index (χ2n) is 7.91. The largest absolute Gasteiger partial charge is 0.297 e. The van der Waals surface area contributed by atoms with Gasteiger partial charge in [-0.1, -0.05) is 52.3 Å². The molecule has 0 fully saturated rings. The average molecular weight is 565 g/mol. The van der Waals surface area contributed by atoms with Crippen LogP contribution in [0.3, 0.4) is 0 Å². The maximum absolute atomic E-state index is 13.5. The summed E-state index contributed by atoms with van der Waals surface area (Å²) in [5, 5.41) is 9.00. The average Bonchev–Trinajstić information content (AvgIpc) is 3.57. The Kier molecular flexibility index (Phi) is 6.55. The molecule has 0 aliphatic heterocycles. The molecule has 0 aliphatic carbocycles. The number of para-hydroxylation sites is 1. The maximum atomic E-state index is 13.5. The molecule has 0 radical (unpaired) electrons. The van der Waals surface area contributed by atoms with Crippen molar-refractivity contribution in [3.05, 3.63) is 108 Å². The molecule has 6 nitrogen and oxygen atoms in total. The van der Waals surface area contributed by atoms with E-state index in [4.69, 9.17) is 10.1 Å². The smallest absolute Gasteiger partial charge is 0.283 e. The minimum absolute atomic E-state index is 0.167. The van der Waals surface area contributed by atoms with Crippen LogP contribution in [0.25, 0.3) is 16.9 Å². The highest BCUT2D eigenvalue weighted by molar-refractivity contribution is 9.10. The molecule has 0 unspecified atom stereocenters. The van der Waals surface area contributed by atoms with Gasteiger partial charge in [-0.25, -0.2) is 14.4 Å². The molecule has 0 bridgehead atoms. The van der Waals surface area contributed by atoms with Gasteiger partial charge in [-0.2, -0.15) is 5.10 Å². The van der Waals surface area contributed by atoms with Crippen LogP contribution in [0.2, 0.25) is 0 Å². The van der Waals surface area contributed by atoms with Crippen LogP contribution in [0, 0.1) is 6.92 Å². The van der Waals surface area contributed by atoms with Gasteiger partial charge in [0.05, 0.1) is 27.7 Å². The third kappa shape index (κ3) is 4.54. The van der Waals surface area contributed by atoms with E-state index >= 15 is 0 Å². The van der Waals surface area contributed by atoms with E-state index in [0.717, 1.165) is 37.7 Å². The zero-order valence-corrected chi connectivity index (χ0v) is 22.6. The molecule has 0 aliphatic rings. The Morgan fingerprint density at radius 2 is 1.80 bits per heavy atom. The molecule has 5 rings (SSSR count). The number of hydrogen-bond acceptors (Lipinski definition) is 5. The van der Waals surface area contributed by atoms with Gasteiger partial charge in [0, 0.05) is 22.5 Å². The van der Waals surface area contributed by atoms with Gasteiger partial charge in [-0.05, 0) is 49.6 Å². The number of rotatable bonds is 5. The fourth-order valence-corrected chi connectivity index (χ4v) is 5.69. The van der Waals surface area contributed by atoms with Crippen molar-refractivity contribution in [1.82, 2.24) is 14.0 Å². The van der Waals surface area contributed by atoms with Crippen molar-refractivity contribution in [2.75, 3.05) is 0 Å². The van der Waals surface area contributed by atoms with Crippen molar-refractivity contribution >= 4 is 50.0 Å². The number of nitrogens with zero attached hydrogens (tertiary/aromatic N) is 5. The number of thiazole rings is 1. The molecule has 0 spiro atoms. The molecule has 2 aromatic carbocycles. The van der Waals surface area contributed by atoms with E-state index in [1.54, 1.807) is 16.0 Å². The molecular formula is C26H22BrN5OS2. The Balaban J connectivity index is 1.74. The summed E-state index contributed by atoms with van der Waals surface area (Å²) in [4.78, 5) is 20.0. The van der Waals surface area contributed by atoms with Gasteiger partial charge in [-0.15, -0.1) is 22.7 Å². The van der Waals surface area contributed by atoms with E-state index in [2.05, 4.69) is 22.0 Å². The lowest BCUT2D eigenvalue weighted by atomic mass is 10.2. The molecule has 35 heavy (non-hydrogen) atoms. The van der Waals surface area contributed by atoms with E-state index in [-0.39, 0.29) is 5.56 Å². The predicted molar refractivity (Wildman–Crippen MR) is 148 cm³/mol. The lowest BCUT2D eigenvalue weighted by Gasteiger charge is -2.07. The highest BCUT2D eigenvalue weighted by Gasteiger charge is 2.17. The highest BCUT2D eigenvalue weighted by atomic mass is 79.9. The number of thiophene rings is 1. The Labute approximate surface area is 218 Å². The fourth-order valence-electron chi connectivity index (χ4n) is 3.78. The lowest BCUT2D eigenvalue weighted by Crippen LogP contribution is -2.20. The van der Waals surface area contributed by atoms with Gasteiger partial charge in [0.15, 0.2) is 5.69 Å². The van der Waals surface area contributed by atoms with Crippen molar-refractivity contribution in [3.63, 3.8) is 0 Å². The molecule has 3 aromatic heterocycles. The summed E-state index contributed by atoms with van der Waals surface area (Å²) < 4.78 is 6.29. The number of benzene rings is 2. The second-order valence-corrected chi connectivity index (χ2v) is 10.6. The highest BCUT2D eigenvalue weighted by Crippen LogP contribution is 2.25. The van der Waals surface area contributed by atoms with Crippen molar-refractivity contribution in [3.8, 4) is 16.9 Å². The Bertz CT molecular complexity index is 1650. The first-order chi connectivity index (χ1) is 16.9. The standard InChI is InChI=1S/C26H22BrN5OS2/c1-17(23-13-8-14-34-23)29-31-22(19-9-7-10-20(27)15-19)16-35-26(31)28-24-18(2)30(3)32(25(24)33)21-11-5-4-6-12-21/h4-16H,1-3H3. The quantitative estimate of drug-likeness (QED) is 0.230. The fraction of sp³-hybridized carbons (Fsp3) is 0.115. The van der Waals surface area contributed by atoms with Crippen LogP contribution in [0.4, 0.5) is 5.69 Å². The summed E-state index contributed by atoms with van der Waals surface area (Å²) in [7, 11) is 1.87. The summed E-state index contributed by atoms with van der Waals surface area (Å²) in [6.45, 7) is 3.90. The van der Waals surface area contributed by atoms with Crippen LogP contribution < -0.4 is 10.4 Å². The third-order valence-corrected chi connectivity index (χ3v) is 7.95. The molecule has 3 heterocycles. The first kappa shape index (κ1) is 23.5. The molecule has 5 aromatic rings. The van der Waals surface area contributed by atoms with E-state index in [9.17, 15) is 4.79 Å². The zero-order valence-electron chi connectivity index (χ0n) is 19.3. The van der Waals surface area contributed by atoms with Crippen molar-refractivity contribution in [1.29, 1.82) is 0 Å². The van der Waals surface area contributed by atoms with Crippen LogP contribution in [-0.4, -0.2) is 19.8 Å². The molecule has 0 atom stereocenters. The lowest BCUT2D eigenvalue weighted by molar-refractivity contribution is 0.630. The van der Waals surface area contributed by atoms with Gasteiger partial charge >= 0.3 is 0 Å². The van der Waals surface area contributed by atoms with Gasteiger partial charge in [-0.3, -0.25) is 9.48 Å². The second kappa shape index (κ2) is 9.77. The molecular weight excluding hydrogens is 542 g/mol. The normalized spacial score (nSPS) is 12.5. The monoisotopic (exact) mass is 563 g/mol. The van der Waals surface area contributed by atoms with Gasteiger partial charge in [0.1, 0.15) is 0 Å². The Morgan fingerprint density at radius 3 is 2.51 bits per heavy atom. The maximum Gasteiger partial charge on any atom is 0.297 e. The number of aromatic nitrogens is 3. The molecule has 0 amide bonds. The molecule has 0 saturated carbocycles. The van der Waals surface area contributed by atoms with Crippen LogP contribution in [0.15, 0.2) is 96.9 Å². The van der Waals surface area contributed by atoms with Gasteiger partial charge in [0.25, 0.3) is 5.56 Å². The molecule has 9 heteroatoms. The van der Waals surface area contributed by atoms with E-state index in [1.807, 2.05) is 102 Å². The number of halogens is 1. The van der Waals surface area contributed by atoms with E-state index in [0.29, 0.717) is 10.5 Å². The Morgan fingerprint density at radius 1 is 1.00 bits per heavy atom. The van der Waals surface area contributed by atoms with Crippen LogP contribution in [0.5, 0.6) is 0 Å². The summed E-state index contributed by atoms with van der Waals surface area (Å²) >= 11 is 6.67. The van der Waals surface area contributed by atoms with Gasteiger partial charge in [0.2, 0.25) is 4.80 Å². The first-order valence-electron chi connectivity index (χ1n) is 10.9. The molecule has 176 valence electrons. The van der Waals surface area contributed by atoms with Crippen molar-refractivity contribution in [2.24, 2.45) is 17.1 Å². The topological polar surface area (TPSA) is 56.6 Å².